The first-order chi connectivity index (χ1) is 13.8. The van der Waals surface area contributed by atoms with Gasteiger partial charge in [-0.25, -0.2) is 0 Å². The maximum Gasteiger partial charge on any atom is 0.257 e. The van der Waals surface area contributed by atoms with Crippen molar-refractivity contribution in [2.24, 2.45) is 0 Å². The average molecular weight is 385 g/mol. The number of ether oxygens (including phenoxy) is 2. The highest BCUT2D eigenvalue weighted by Gasteiger charge is 2.20. The van der Waals surface area contributed by atoms with Crippen LogP contribution in [-0.2, 0) is 11.3 Å². The molecular weight excluding hydrogens is 358 g/mol. The van der Waals surface area contributed by atoms with E-state index in [1.165, 1.54) is 0 Å². The quantitative estimate of drug-likeness (QED) is 0.704. The molecule has 2 aromatic rings. The third-order valence-electron chi connectivity index (χ3n) is 4.68. The first kappa shape index (κ1) is 20.3. The molecule has 0 spiro atoms. The fourth-order valence-corrected chi connectivity index (χ4v) is 3.11. The second-order valence-corrected chi connectivity index (χ2v) is 6.62. The Balaban J connectivity index is 1.66. The maximum absolute atomic E-state index is 13.1. The molecule has 1 aromatic carbocycles. The first-order valence-corrected chi connectivity index (χ1v) is 9.59. The summed E-state index contributed by atoms with van der Waals surface area (Å²) in [5.41, 5.74) is 1.44. The lowest BCUT2D eigenvalue weighted by Crippen LogP contribution is -2.44. The topological polar surface area (TPSA) is 75.1 Å². The molecule has 1 saturated heterocycles. The van der Waals surface area contributed by atoms with E-state index in [1.807, 2.05) is 24.3 Å². The molecule has 1 aliphatic rings. The molecule has 1 N–H and O–H groups in total. The zero-order valence-corrected chi connectivity index (χ0v) is 16.0. The largest absolute Gasteiger partial charge is 0.488 e. The van der Waals surface area contributed by atoms with Crippen molar-refractivity contribution in [3.63, 3.8) is 0 Å². The summed E-state index contributed by atoms with van der Waals surface area (Å²) in [4.78, 5) is 21.2. The lowest BCUT2D eigenvalue weighted by Gasteiger charge is -2.30. The van der Waals surface area contributed by atoms with E-state index in [0.29, 0.717) is 31.0 Å². The summed E-state index contributed by atoms with van der Waals surface area (Å²) in [6.07, 6.45) is 3.45. The minimum absolute atomic E-state index is 0.0758. The zero-order valence-electron chi connectivity index (χ0n) is 16.0. The Hall–Kier alpha value is -2.48. The predicted octanol–water partition coefficient (Wildman–Crippen LogP) is 1.43. The summed E-state index contributed by atoms with van der Waals surface area (Å²) >= 11 is 0. The molecule has 0 radical (unpaired) electrons. The zero-order chi connectivity index (χ0) is 19.6. The van der Waals surface area contributed by atoms with Crippen LogP contribution in [0.15, 0.2) is 48.8 Å². The number of aliphatic hydroxyl groups excluding tert-OH is 1. The fourth-order valence-electron chi connectivity index (χ4n) is 3.11. The van der Waals surface area contributed by atoms with Crippen molar-refractivity contribution in [2.75, 3.05) is 52.5 Å². The predicted molar refractivity (Wildman–Crippen MR) is 105 cm³/mol. The molecule has 0 bridgehead atoms. The van der Waals surface area contributed by atoms with Crippen LogP contribution in [0.4, 0.5) is 0 Å². The third kappa shape index (κ3) is 5.76. The highest BCUT2D eigenvalue weighted by atomic mass is 16.5. The molecule has 7 nitrogen and oxygen atoms in total. The molecule has 0 saturated carbocycles. The van der Waals surface area contributed by atoms with Gasteiger partial charge in [-0.2, -0.15) is 0 Å². The molecule has 2 heterocycles. The van der Waals surface area contributed by atoms with Crippen molar-refractivity contribution in [1.29, 1.82) is 0 Å². The Labute approximate surface area is 165 Å². The Kier molecular flexibility index (Phi) is 7.78. The summed E-state index contributed by atoms with van der Waals surface area (Å²) in [5, 5.41) is 9.43. The number of hydrogen-bond acceptors (Lipinski definition) is 6. The minimum Gasteiger partial charge on any atom is -0.488 e. The lowest BCUT2D eigenvalue weighted by molar-refractivity contribution is 0.0315. The van der Waals surface area contributed by atoms with E-state index in [9.17, 15) is 9.90 Å². The molecule has 28 heavy (non-hydrogen) atoms. The molecule has 1 aliphatic heterocycles. The summed E-state index contributed by atoms with van der Waals surface area (Å²) in [6, 6.07) is 11.0. The Morgan fingerprint density at radius 3 is 2.75 bits per heavy atom. The van der Waals surface area contributed by atoms with Gasteiger partial charge in [0.05, 0.1) is 25.4 Å². The van der Waals surface area contributed by atoms with Crippen LogP contribution in [0.25, 0.3) is 0 Å². The standard InChI is InChI=1S/C21H27N3O4/c25-13-10-24(9-8-23-11-14-27-15-12-23)21(26)19-5-1-2-6-20(19)28-17-18-4-3-7-22-16-18/h1-7,16,25H,8-15,17H2. The number of nitrogens with zero attached hydrogens (tertiary/aromatic N) is 3. The van der Waals surface area contributed by atoms with E-state index in [-0.39, 0.29) is 12.5 Å². The van der Waals surface area contributed by atoms with Crippen molar-refractivity contribution in [3.8, 4) is 5.75 Å². The van der Waals surface area contributed by atoms with E-state index in [1.54, 1.807) is 29.4 Å². The van der Waals surface area contributed by atoms with Crippen LogP contribution in [0.3, 0.4) is 0 Å². The summed E-state index contributed by atoms with van der Waals surface area (Å²) in [5.74, 6) is 0.398. The van der Waals surface area contributed by atoms with Gasteiger partial charge in [0, 0.05) is 50.7 Å². The Morgan fingerprint density at radius 2 is 2.00 bits per heavy atom. The van der Waals surface area contributed by atoms with E-state index in [0.717, 1.165) is 38.4 Å². The summed E-state index contributed by atoms with van der Waals surface area (Å²) < 4.78 is 11.3. The van der Waals surface area contributed by atoms with Crippen LogP contribution in [0.1, 0.15) is 15.9 Å². The summed E-state index contributed by atoms with van der Waals surface area (Å²) in [6.45, 7) is 5.04. The normalized spacial score (nSPS) is 14.6. The van der Waals surface area contributed by atoms with Gasteiger partial charge in [-0.3, -0.25) is 14.7 Å². The molecule has 1 aromatic heterocycles. The molecule has 3 rings (SSSR count). The van der Waals surface area contributed by atoms with Gasteiger partial charge >= 0.3 is 0 Å². The van der Waals surface area contributed by atoms with Gasteiger partial charge in [-0.1, -0.05) is 18.2 Å². The number of amides is 1. The van der Waals surface area contributed by atoms with Gasteiger partial charge in [-0.15, -0.1) is 0 Å². The highest BCUT2D eigenvalue weighted by molar-refractivity contribution is 5.97. The number of benzene rings is 1. The van der Waals surface area contributed by atoms with Crippen LogP contribution >= 0.6 is 0 Å². The van der Waals surface area contributed by atoms with Crippen LogP contribution in [0.2, 0.25) is 0 Å². The molecule has 7 heteroatoms. The number of aromatic nitrogens is 1. The highest BCUT2D eigenvalue weighted by Crippen LogP contribution is 2.21. The molecule has 150 valence electrons. The van der Waals surface area contributed by atoms with Crippen LogP contribution in [0.5, 0.6) is 5.75 Å². The second kappa shape index (κ2) is 10.8. The molecule has 0 unspecified atom stereocenters. The SMILES string of the molecule is O=C(c1ccccc1OCc1cccnc1)N(CCO)CCN1CCOCC1. The van der Waals surface area contributed by atoms with Crippen molar-refractivity contribution in [2.45, 2.75) is 6.61 Å². The molecule has 0 atom stereocenters. The van der Waals surface area contributed by atoms with Crippen LogP contribution in [0, 0.1) is 0 Å². The third-order valence-corrected chi connectivity index (χ3v) is 4.68. The van der Waals surface area contributed by atoms with Gasteiger partial charge < -0.3 is 19.5 Å². The number of morpholine rings is 1. The first-order valence-electron chi connectivity index (χ1n) is 9.59. The van der Waals surface area contributed by atoms with E-state index in [2.05, 4.69) is 9.88 Å². The second-order valence-electron chi connectivity index (χ2n) is 6.62. The van der Waals surface area contributed by atoms with Crippen molar-refractivity contribution >= 4 is 5.91 Å². The maximum atomic E-state index is 13.1. The van der Waals surface area contributed by atoms with E-state index in [4.69, 9.17) is 9.47 Å². The van der Waals surface area contributed by atoms with Crippen LogP contribution in [-0.4, -0.2) is 78.3 Å². The number of hydrogen-bond donors (Lipinski definition) is 1. The Bertz CT molecular complexity index is 735. The smallest absolute Gasteiger partial charge is 0.257 e. The molecule has 1 amide bonds. The molecule has 0 aliphatic carbocycles. The molecular formula is C21H27N3O4. The summed E-state index contributed by atoms with van der Waals surface area (Å²) in [7, 11) is 0. The van der Waals surface area contributed by atoms with Crippen LogP contribution < -0.4 is 4.74 Å². The number of pyridine rings is 1. The van der Waals surface area contributed by atoms with Crippen molar-refractivity contribution in [3.05, 3.63) is 59.9 Å². The monoisotopic (exact) mass is 385 g/mol. The number of carbonyl (C=O) groups excluding carboxylic acids is 1. The number of aliphatic hydroxyl groups is 1. The fraction of sp³-hybridized carbons (Fsp3) is 0.429. The number of rotatable bonds is 9. The Morgan fingerprint density at radius 1 is 1.18 bits per heavy atom. The number of carbonyl (C=O) groups is 1. The van der Waals surface area contributed by atoms with Gasteiger partial charge in [0.1, 0.15) is 12.4 Å². The average Bonchev–Trinajstić information content (AvgIpc) is 2.76. The van der Waals surface area contributed by atoms with Crippen molar-refractivity contribution < 1.29 is 19.4 Å². The van der Waals surface area contributed by atoms with E-state index >= 15 is 0 Å². The minimum atomic E-state index is -0.135. The van der Waals surface area contributed by atoms with Crippen molar-refractivity contribution in [1.82, 2.24) is 14.8 Å². The van der Waals surface area contributed by atoms with Gasteiger partial charge in [-0.05, 0) is 18.2 Å². The number of para-hydroxylation sites is 1. The van der Waals surface area contributed by atoms with E-state index < -0.39 is 0 Å². The van der Waals surface area contributed by atoms with Gasteiger partial charge in [0.2, 0.25) is 0 Å². The van der Waals surface area contributed by atoms with Gasteiger partial charge in [0.15, 0.2) is 0 Å². The molecule has 1 fully saturated rings. The van der Waals surface area contributed by atoms with Gasteiger partial charge in [0.25, 0.3) is 5.91 Å². The lowest BCUT2D eigenvalue weighted by atomic mass is 10.1.